The van der Waals surface area contributed by atoms with Gasteiger partial charge in [-0.05, 0) is 66.7 Å². The molecular weight excluding hydrogens is 476 g/mol. The van der Waals surface area contributed by atoms with E-state index in [4.69, 9.17) is 8.37 Å². The van der Waals surface area contributed by atoms with Crippen LogP contribution in [-0.2, 0) is 28.6 Å². The molecule has 0 aliphatic heterocycles. The first-order valence-corrected chi connectivity index (χ1v) is 12.9. The molecule has 0 aliphatic carbocycles. The minimum atomic E-state index is -3.83. The Morgan fingerprint density at radius 3 is 1.35 bits per heavy atom. The van der Waals surface area contributed by atoms with Gasteiger partial charge in [0, 0.05) is 22.7 Å². The number of hydrogen-bond acceptors (Lipinski definition) is 8. The second-order valence-corrected chi connectivity index (χ2v) is 10.2. The van der Waals surface area contributed by atoms with Crippen LogP contribution in [0.5, 0.6) is 0 Å². The number of rotatable bonds is 12. The van der Waals surface area contributed by atoms with Gasteiger partial charge in [-0.2, -0.15) is 16.8 Å². The molecule has 0 amide bonds. The van der Waals surface area contributed by atoms with Crippen LogP contribution >= 0.6 is 0 Å². The highest BCUT2D eigenvalue weighted by Crippen LogP contribution is 2.25. The van der Waals surface area contributed by atoms with E-state index in [-0.39, 0.29) is 23.0 Å². The highest BCUT2D eigenvalue weighted by molar-refractivity contribution is 7.87. The van der Waals surface area contributed by atoms with E-state index in [1.165, 1.54) is 36.4 Å². The van der Waals surface area contributed by atoms with Gasteiger partial charge >= 0.3 is 0 Å². The van der Waals surface area contributed by atoms with Crippen molar-refractivity contribution in [1.82, 2.24) is 0 Å². The van der Waals surface area contributed by atoms with Gasteiger partial charge in [-0.3, -0.25) is 8.37 Å². The predicted octanol–water partition coefficient (Wildman–Crippen LogP) is 4.96. The van der Waals surface area contributed by atoms with Gasteiger partial charge in [0.15, 0.2) is 0 Å². The van der Waals surface area contributed by atoms with Crippen LogP contribution < -0.4 is 10.6 Å². The maximum Gasteiger partial charge on any atom is 0.297 e. The van der Waals surface area contributed by atoms with Crippen molar-refractivity contribution in [3.05, 3.63) is 98.1 Å². The third-order valence-corrected chi connectivity index (χ3v) is 7.00. The molecule has 8 nitrogen and oxygen atoms in total. The van der Waals surface area contributed by atoms with Crippen molar-refractivity contribution in [2.24, 2.45) is 0 Å². The third-order valence-electron chi connectivity index (χ3n) is 4.41. The summed E-state index contributed by atoms with van der Waals surface area (Å²) in [5.41, 5.74) is 2.91. The van der Waals surface area contributed by atoms with Gasteiger partial charge in [0.05, 0.1) is 23.0 Å². The molecule has 0 fully saturated rings. The van der Waals surface area contributed by atoms with Crippen LogP contribution in [0.15, 0.2) is 108 Å². The zero-order valence-electron chi connectivity index (χ0n) is 18.2. The lowest BCUT2D eigenvalue weighted by Gasteiger charge is -2.11. The van der Waals surface area contributed by atoms with E-state index in [9.17, 15) is 16.8 Å². The summed E-state index contributed by atoms with van der Waals surface area (Å²) in [6.07, 6.45) is 2.73. The third kappa shape index (κ3) is 6.78. The van der Waals surface area contributed by atoms with Gasteiger partial charge in [-0.1, -0.05) is 18.2 Å². The van der Waals surface area contributed by atoms with Gasteiger partial charge in [0.2, 0.25) is 0 Å². The van der Waals surface area contributed by atoms with Gasteiger partial charge in [0.25, 0.3) is 20.2 Å². The van der Waals surface area contributed by atoms with E-state index in [1.807, 2.05) is 24.3 Å². The summed E-state index contributed by atoms with van der Waals surface area (Å²) >= 11 is 0. The summed E-state index contributed by atoms with van der Waals surface area (Å²) in [5, 5.41) is 6.41. The second kappa shape index (κ2) is 11.1. The molecule has 3 aromatic rings. The predicted molar refractivity (Wildman–Crippen MR) is 133 cm³/mol. The smallest absolute Gasteiger partial charge is 0.297 e. The lowest BCUT2D eigenvalue weighted by Crippen LogP contribution is -2.06. The quantitative estimate of drug-likeness (QED) is 0.265. The highest BCUT2D eigenvalue weighted by atomic mass is 32.2. The van der Waals surface area contributed by atoms with Crippen LogP contribution in [0, 0.1) is 0 Å². The van der Waals surface area contributed by atoms with E-state index >= 15 is 0 Å². The Hall–Kier alpha value is -3.44. The topological polar surface area (TPSA) is 111 Å². The van der Waals surface area contributed by atoms with Crippen molar-refractivity contribution in [1.29, 1.82) is 0 Å². The van der Waals surface area contributed by atoms with Crippen molar-refractivity contribution in [2.45, 2.75) is 9.79 Å². The summed E-state index contributed by atoms with van der Waals surface area (Å²) in [5.74, 6) is 0. The Morgan fingerprint density at radius 2 is 1.00 bits per heavy atom. The van der Waals surface area contributed by atoms with Crippen molar-refractivity contribution in [2.75, 3.05) is 23.8 Å². The Labute approximate surface area is 199 Å². The average Bonchev–Trinajstić information content (AvgIpc) is 2.82. The average molecular weight is 501 g/mol. The Bertz CT molecular complexity index is 1250. The molecule has 3 rings (SSSR count). The fraction of sp³-hybridized carbons (Fsp3) is 0.0833. The monoisotopic (exact) mass is 500 g/mol. The lowest BCUT2D eigenvalue weighted by molar-refractivity contribution is 0.356. The molecule has 0 aromatic heterocycles. The number of benzene rings is 3. The second-order valence-electron chi connectivity index (χ2n) is 6.93. The molecule has 3 aromatic carbocycles. The SMILES string of the molecule is C=CCOS(=O)(=O)c1ccc(Nc2cccc(Nc3ccc(S(=O)(=O)OCC=C)cc3)c2)cc1. The summed E-state index contributed by atoms with van der Waals surface area (Å²) < 4.78 is 57.9. The molecule has 0 heterocycles. The van der Waals surface area contributed by atoms with E-state index in [1.54, 1.807) is 24.3 Å². The molecule has 178 valence electrons. The minimum absolute atomic E-state index is 0.0515. The van der Waals surface area contributed by atoms with Crippen LogP contribution in [-0.4, -0.2) is 30.0 Å². The minimum Gasteiger partial charge on any atom is -0.355 e. The molecule has 10 heteroatoms. The number of nitrogens with one attached hydrogen (secondary N) is 2. The zero-order chi connectivity index (χ0) is 24.6. The number of anilines is 4. The molecule has 0 bridgehead atoms. The Kier molecular flexibility index (Phi) is 8.24. The fourth-order valence-corrected chi connectivity index (χ4v) is 4.59. The highest BCUT2D eigenvalue weighted by Gasteiger charge is 2.15. The van der Waals surface area contributed by atoms with Gasteiger partial charge in [0.1, 0.15) is 0 Å². The number of hydrogen-bond donors (Lipinski definition) is 2. The molecule has 0 spiro atoms. The summed E-state index contributed by atoms with van der Waals surface area (Å²) in [6.45, 7) is 6.69. The molecule has 0 saturated heterocycles. The molecule has 2 N–H and O–H groups in total. The van der Waals surface area contributed by atoms with Crippen LogP contribution in [0.4, 0.5) is 22.7 Å². The normalized spacial score (nSPS) is 11.5. The van der Waals surface area contributed by atoms with E-state index in [0.29, 0.717) is 11.4 Å². The van der Waals surface area contributed by atoms with Crippen molar-refractivity contribution in [3.63, 3.8) is 0 Å². The Morgan fingerprint density at radius 1 is 0.618 bits per heavy atom. The van der Waals surface area contributed by atoms with Crippen LogP contribution in [0.1, 0.15) is 0 Å². The molecule has 0 radical (unpaired) electrons. The first-order chi connectivity index (χ1) is 16.2. The molecule has 0 aliphatic rings. The lowest BCUT2D eigenvalue weighted by atomic mass is 10.2. The van der Waals surface area contributed by atoms with Gasteiger partial charge in [-0.25, -0.2) is 0 Å². The van der Waals surface area contributed by atoms with E-state index < -0.39 is 20.2 Å². The zero-order valence-corrected chi connectivity index (χ0v) is 19.8. The Balaban J connectivity index is 1.67. The summed E-state index contributed by atoms with van der Waals surface area (Å²) in [7, 11) is -7.66. The summed E-state index contributed by atoms with van der Waals surface area (Å²) in [4.78, 5) is 0.103. The van der Waals surface area contributed by atoms with E-state index in [2.05, 4.69) is 23.8 Å². The molecule has 34 heavy (non-hydrogen) atoms. The molecule has 0 saturated carbocycles. The van der Waals surface area contributed by atoms with E-state index in [0.717, 1.165) is 11.4 Å². The molecular formula is C24H24N2O6S2. The largest absolute Gasteiger partial charge is 0.355 e. The maximum absolute atomic E-state index is 12.1. The van der Waals surface area contributed by atoms with Gasteiger partial charge in [-0.15, -0.1) is 13.2 Å². The van der Waals surface area contributed by atoms with Crippen LogP contribution in [0.3, 0.4) is 0 Å². The van der Waals surface area contributed by atoms with Crippen molar-refractivity contribution < 1.29 is 25.2 Å². The van der Waals surface area contributed by atoms with Gasteiger partial charge < -0.3 is 10.6 Å². The molecule has 0 unspecified atom stereocenters. The van der Waals surface area contributed by atoms with Crippen molar-refractivity contribution in [3.8, 4) is 0 Å². The molecule has 0 atom stereocenters. The van der Waals surface area contributed by atoms with Crippen molar-refractivity contribution >= 4 is 43.0 Å². The first kappa shape index (κ1) is 25.2. The fourth-order valence-electron chi connectivity index (χ4n) is 2.83. The summed E-state index contributed by atoms with van der Waals surface area (Å²) in [6, 6.07) is 19.8. The van der Waals surface area contributed by atoms with Crippen LogP contribution in [0.2, 0.25) is 0 Å². The first-order valence-electron chi connectivity index (χ1n) is 10.1. The van der Waals surface area contributed by atoms with Crippen LogP contribution in [0.25, 0.3) is 0 Å². The maximum atomic E-state index is 12.1. The standard InChI is InChI=1S/C24H24N2O6S2/c1-3-16-31-33(27,28)23-12-8-19(9-13-23)25-21-6-5-7-22(18-21)26-20-10-14-24(15-11-20)34(29,30)32-17-4-2/h3-15,18,25-26H,1-2,16-17H2.